The van der Waals surface area contributed by atoms with Gasteiger partial charge in [0.25, 0.3) is 0 Å². The first-order valence-electron chi connectivity index (χ1n) is 9.91. The average Bonchev–Trinajstić information content (AvgIpc) is 3.21. The van der Waals surface area contributed by atoms with E-state index in [2.05, 4.69) is 20.9 Å². The van der Waals surface area contributed by atoms with Crippen molar-refractivity contribution in [3.05, 3.63) is 0 Å². The molecule has 0 radical (unpaired) electrons. The SMILES string of the molecule is CN=C(NCCNC(=O)OC(C)(C)C)NC1C2CCOC2C12CCCC2. The van der Waals surface area contributed by atoms with Gasteiger partial charge in [-0.15, -0.1) is 0 Å². The molecule has 0 bridgehead atoms. The van der Waals surface area contributed by atoms with Crippen LogP contribution in [-0.2, 0) is 9.47 Å². The Morgan fingerprint density at radius 2 is 1.92 bits per heavy atom. The first kappa shape index (κ1) is 19.3. The molecule has 3 fully saturated rings. The van der Waals surface area contributed by atoms with Crippen molar-refractivity contribution in [3.63, 3.8) is 0 Å². The highest BCUT2D eigenvalue weighted by Gasteiger charge is 2.65. The molecule has 3 unspecified atom stereocenters. The molecule has 3 atom stereocenters. The number of alkyl carbamates (subject to hydrolysis) is 1. The van der Waals surface area contributed by atoms with E-state index in [1.807, 2.05) is 20.8 Å². The zero-order valence-corrected chi connectivity index (χ0v) is 16.6. The Morgan fingerprint density at radius 3 is 2.58 bits per heavy atom. The number of hydrogen-bond donors (Lipinski definition) is 3. The van der Waals surface area contributed by atoms with Crippen LogP contribution in [0, 0.1) is 11.3 Å². The van der Waals surface area contributed by atoms with E-state index in [9.17, 15) is 4.79 Å². The van der Waals surface area contributed by atoms with Crippen LogP contribution in [0.25, 0.3) is 0 Å². The molecule has 2 aliphatic carbocycles. The Morgan fingerprint density at radius 1 is 1.23 bits per heavy atom. The van der Waals surface area contributed by atoms with Crippen LogP contribution in [0.4, 0.5) is 4.79 Å². The van der Waals surface area contributed by atoms with E-state index in [0.29, 0.717) is 36.6 Å². The Bertz CT molecular complexity index is 537. The van der Waals surface area contributed by atoms with Crippen LogP contribution < -0.4 is 16.0 Å². The van der Waals surface area contributed by atoms with E-state index in [4.69, 9.17) is 9.47 Å². The quantitative estimate of drug-likeness (QED) is 0.403. The molecule has 0 aromatic carbocycles. The van der Waals surface area contributed by atoms with Crippen molar-refractivity contribution in [2.45, 2.75) is 70.6 Å². The van der Waals surface area contributed by atoms with Crippen LogP contribution in [0.3, 0.4) is 0 Å². The van der Waals surface area contributed by atoms with E-state index in [1.54, 1.807) is 7.05 Å². The summed E-state index contributed by atoms with van der Waals surface area (Å²) in [7, 11) is 1.79. The topological polar surface area (TPSA) is 84.0 Å². The summed E-state index contributed by atoms with van der Waals surface area (Å²) in [4.78, 5) is 16.0. The minimum atomic E-state index is -0.477. The molecule has 1 heterocycles. The molecule has 3 aliphatic rings. The number of rotatable bonds is 4. The smallest absolute Gasteiger partial charge is 0.407 e. The lowest BCUT2D eigenvalue weighted by molar-refractivity contribution is -0.125. The summed E-state index contributed by atoms with van der Waals surface area (Å²) >= 11 is 0. The van der Waals surface area contributed by atoms with Gasteiger partial charge in [0.05, 0.1) is 6.10 Å². The second-order valence-corrected chi connectivity index (χ2v) is 8.73. The normalized spacial score (nSPS) is 29.8. The predicted molar refractivity (Wildman–Crippen MR) is 101 cm³/mol. The van der Waals surface area contributed by atoms with Gasteiger partial charge in [0.1, 0.15) is 5.60 Å². The summed E-state index contributed by atoms with van der Waals surface area (Å²) in [6, 6.07) is 0.447. The van der Waals surface area contributed by atoms with Crippen molar-refractivity contribution in [3.8, 4) is 0 Å². The van der Waals surface area contributed by atoms with Crippen LogP contribution in [0.2, 0.25) is 0 Å². The largest absolute Gasteiger partial charge is 0.444 e. The van der Waals surface area contributed by atoms with Crippen molar-refractivity contribution >= 4 is 12.1 Å². The Hall–Kier alpha value is -1.50. The highest BCUT2D eigenvalue weighted by atomic mass is 16.6. The van der Waals surface area contributed by atoms with E-state index in [-0.39, 0.29) is 0 Å². The second kappa shape index (κ2) is 7.62. The fourth-order valence-electron chi connectivity index (χ4n) is 4.91. The summed E-state index contributed by atoms with van der Waals surface area (Å²) in [5.74, 6) is 1.41. The number of carbonyl (C=O) groups is 1. The number of nitrogens with one attached hydrogen (secondary N) is 3. The van der Waals surface area contributed by atoms with Crippen molar-refractivity contribution in [1.82, 2.24) is 16.0 Å². The zero-order chi connectivity index (χ0) is 18.8. The van der Waals surface area contributed by atoms with Gasteiger partial charge >= 0.3 is 6.09 Å². The lowest BCUT2D eigenvalue weighted by Gasteiger charge is -2.57. The predicted octanol–water partition coefficient (Wildman–Crippen LogP) is 2.02. The maximum Gasteiger partial charge on any atom is 0.407 e. The Balaban J connectivity index is 1.44. The molecule has 1 spiro atoms. The summed E-state index contributed by atoms with van der Waals surface area (Å²) in [5.41, 5.74) is -0.178. The number of guanidine groups is 1. The van der Waals surface area contributed by atoms with Crippen LogP contribution >= 0.6 is 0 Å². The molecule has 3 rings (SSSR count). The lowest BCUT2D eigenvalue weighted by atomic mass is 9.54. The summed E-state index contributed by atoms with van der Waals surface area (Å²) < 4.78 is 11.3. The third-order valence-corrected chi connectivity index (χ3v) is 5.89. The molecule has 7 nitrogen and oxygen atoms in total. The summed E-state index contributed by atoms with van der Waals surface area (Å²) in [6.45, 7) is 7.54. The van der Waals surface area contributed by atoms with Crippen LogP contribution in [0.1, 0.15) is 52.9 Å². The Kier molecular flexibility index (Phi) is 5.65. The van der Waals surface area contributed by atoms with Crippen LogP contribution in [-0.4, -0.2) is 56.5 Å². The highest BCUT2D eigenvalue weighted by molar-refractivity contribution is 5.80. The minimum Gasteiger partial charge on any atom is -0.444 e. The molecule has 3 N–H and O–H groups in total. The number of nitrogens with zero attached hydrogens (tertiary/aromatic N) is 1. The third kappa shape index (κ3) is 3.92. The number of aliphatic imine (C=N–C) groups is 1. The van der Waals surface area contributed by atoms with Gasteiger partial charge in [-0.1, -0.05) is 12.8 Å². The number of carbonyl (C=O) groups excluding carboxylic acids is 1. The molecular formula is C19H34N4O3. The highest BCUT2D eigenvalue weighted by Crippen LogP contribution is 2.60. The van der Waals surface area contributed by atoms with Gasteiger partial charge in [0.2, 0.25) is 0 Å². The molecule has 2 saturated carbocycles. The standard InChI is InChI=1S/C19H34N4O3/c1-18(2,3)26-17(24)22-11-10-21-16(20-4)23-14-13-7-12-25-15(13)19(14)8-5-6-9-19/h13-15H,5-12H2,1-4H3,(H,22,24)(H2,20,21,23). The molecule has 148 valence electrons. The lowest BCUT2D eigenvalue weighted by Crippen LogP contribution is -2.69. The molecule has 0 aromatic rings. The molecule has 7 heteroatoms. The molecular weight excluding hydrogens is 332 g/mol. The van der Waals surface area contributed by atoms with E-state index >= 15 is 0 Å². The van der Waals surface area contributed by atoms with Crippen molar-refractivity contribution in [2.24, 2.45) is 16.3 Å². The molecule has 1 amide bonds. The number of amides is 1. The maximum absolute atomic E-state index is 11.7. The second-order valence-electron chi connectivity index (χ2n) is 8.73. The Labute approximate surface area is 156 Å². The first-order chi connectivity index (χ1) is 12.4. The third-order valence-electron chi connectivity index (χ3n) is 5.89. The summed E-state index contributed by atoms with van der Waals surface area (Å²) in [6.07, 6.45) is 6.30. The zero-order valence-electron chi connectivity index (χ0n) is 16.6. The molecule has 0 aromatic heterocycles. The monoisotopic (exact) mass is 366 g/mol. The van der Waals surface area contributed by atoms with Gasteiger partial charge in [-0.25, -0.2) is 4.79 Å². The molecule has 26 heavy (non-hydrogen) atoms. The van der Waals surface area contributed by atoms with Gasteiger partial charge in [0.15, 0.2) is 5.96 Å². The van der Waals surface area contributed by atoms with Gasteiger partial charge in [0, 0.05) is 44.1 Å². The number of ether oxygens (including phenoxy) is 2. The number of hydrogen-bond acceptors (Lipinski definition) is 4. The van der Waals surface area contributed by atoms with E-state index in [0.717, 1.165) is 19.0 Å². The van der Waals surface area contributed by atoms with Gasteiger partial charge in [-0.2, -0.15) is 0 Å². The van der Waals surface area contributed by atoms with Gasteiger partial charge in [-0.3, -0.25) is 4.99 Å². The summed E-state index contributed by atoms with van der Waals surface area (Å²) in [5, 5.41) is 9.71. The maximum atomic E-state index is 11.7. The van der Waals surface area contributed by atoms with Gasteiger partial charge < -0.3 is 25.4 Å². The fourth-order valence-corrected chi connectivity index (χ4v) is 4.91. The van der Waals surface area contributed by atoms with Crippen molar-refractivity contribution in [1.29, 1.82) is 0 Å². The number of fused-ring (bicyclic) bond motifs is 2. The fraction of sp³-hybridized carbons (Fsp3) is 0.895. The van der Waals surface area contributed by atoms with Gasteiger partial charge in [-0.05, 0) is 40.0 Å². The molecule has 1 saturated heterocycles. The van der Waals surface area contributed by atoms with Crippen LogP contribution in [0.5, 0.6) is 0 Å². The average molecular weight is 367 g/mol. The van der Waals surface area contributed by atoms with Crippen LogP contribution in [0.15, 0.2) is 4.99 Å². The van der Waals surface area contributed by atoms with Crippen molar-refractivity contribution < 1.29 is 14.3 Å². The first-order valence-corrected chi connectivity index (χ1v) is 9.91. The van der Waals surface area contributed by atoms with Crippen molar-refractivity contribution in [2.75, 3.05) is 26.7 Å². The molecule has 1 aliphatic heterocycles. The van der Waals surface area contributed by atoms with E-state index in [1.165, 1.54) is 25.7 Å². The van der Waals surface area contributed by atoms with E-state index < -0.39 is 11.7 Å². The minimum absolute atomic E-state index is 0.299.